The van der Waals surface area contributed by atoms with Gasteiger partial charge in [-0.05, 0) is 69.2 Å². The van der Waals surface area contributed by atoms with E-state index in [1.54, 1.807) is 19.3 Å². The molecule has 8 rings (SSSR count). The van der Waals surface area contributed by atoms with Crippen LogP contribution in [-0.2, 0) is 27.1 Å². The summed E-state index contributed by atoms with van der Waals surface area (Å²) < 4.78 is 54.8. The van der Waals surface area contributed by atoms with Gasteiger partial charge in [0.1, 0.15) is 29.8 Å². The predicted octanol–water partition coefficient (Wildman–Crippen LogP) is 5.31. The maximum Gasteiger partial charge on any atom is 0.508 e. The van der Waals surface area contributed by atoms with Crippen LogP contribution in [0.5, 0.6) is 6.01 Å². The molecule has 1 N–H and O–H groups in total. The smallest absolute Gasteiger partial charge is 0.461 e. The number of nitrogens with zero attached hydrogens (tertiary/aromatic N) is 6. The van der Waals surface area contributed by atoms with Gasteiger partial charge in [-0.1, -0.05) is 6.92 Å². The Hall–Kier alpha value is -4.17. The lowest BCUT2D eigenvalue weighted by Crippen LogP contribution is -2.46. The standard InChI is InChI=1S/C35H41F2N7O5/c1-3-11-47-33(45)49-34(2)18-43(10-12-46-19-34)31-25-15-38-30(27-23-7-4-6-21(23)13-26-24(27)16-39-42-26)28(37)29(25)40-32(41-31)48-20-35-8-5-9-44(35)17-22(36)14-35/h13,15-16,22H,3-12,14,17-20H2,1-2H3,(H,39,42)/t22-,34+,35+/m1/s1. The van der Waals surface area contributed by atoms with E-state index < -0.39 is 29.3 Å². The molecule has 14 heteroatoms. The van der Waals surface area contributed by atoms with Crippen LogP contribution in [0.25, 0.3) is 33.1 Å². The predicted molar refractivity (Wildman–Crippen MR) is 177 cm³/mol. The highest BCUT2D eigenvalue weighted by atomic mass is 19.1. The number of fused-ring (bicyclic) bond motifs is 4. The first-order valence-corrected chi connectivity index (χ1v) is 17.3. The number of halogens is 2. The summed E-state index contributed by atoms with van der Waals surface area (Å²) in [6.45, 7) is 6.30. The fourth-order valence-corrected chi connectivity index (χ4v) is 8.22. The van der Waals surface area contributed by atoms with Crippen molar-refractivity contribution in [1.29, 1.82) is 0 Å². The van der Waals surface area contributed by atoms with Crippen LogP contribution in [0.3, 0.4) is 0 Å². The van der Waals surface area contributed by atoms with Gasteiger partial charge in [-0.25, -0.2) is 13.6 Å². The second-order valence-electron chi connectivity index (χ2n) is 14.1. The molecule has 4 aromatic rings. The third kappa shape index (κ3) is 5.82. The fourth-order valence-electron chi connectivity index (χ4n) is 8.22. The number of ether oxygens (including phenoxy) is 4. The zero-order valence-corrected chi connectivity index (χ0v) is 27.9. The third-order valence-electron chi connectivity index (χ3n) is 10.4. The van der Waals surface area contributed by atoms with E-state index in [1.165, 1.54) is 0 Å². The lowest BCUT2D eigenvalue weighted by Gasteiger charge is -2.33. The molecule has 0 unspecified atom stereocenters. The van der Waals surface area contributed by atoms with Gasteiger partial charge < -0.3 is 23.8 Å². The van der Waals surface area contributed by atoms with Crippen molar-refractivity contribution in [3.05, 3.63) is 35.4 Å². The molecule has 1 aliphatic carbocycles. The van der Waals surface area contributed by atoms with Crippen LogP contribution in [0.4, 0.5) is 19.4 Å². The molecule has 4 aliphatic rings. The lowest BCUT2D eigenvalue weighted by molar-refractivity contribution is -0.0573. The molecule has 3 aromatic heterocycles. The largest absolute Gasteiger partial charge is 0.508 e. The summed E-state index contributed by atoms with van der Waals surface area (Å²) in [6.07, 6.45) is 7.11. The van der Waals surface area contributed by atoms with E-state index in [0.717, 1.165) is 66.2 Å². The number of aryl methyl sites for hydroxylation is 1. The first-order chi connectivity index (χ1) is 23.8. The number of hydrogen-bond acceptors (Lipinski definition) is 11. The number of alkyl halides is 1. The first kappa shape index (κ1) is 32.1. The number of rotatable bonds is 8. The number of benzene rings is 1. The second kappa shape index (κ2) is 12.6. The van der Waals surface area contributed by atoms with Crippen molar-refractivity contribution in [3.8, 4) is 17.3 Å². The summed E-state index contributed by atoms with van der Waals surface area (Å²) in [5.74, 6) is -0.213. The minimum Gasteiger partial charge on any atom is -0.461 e. The Morgan fingerprint density at radius 1 is 1.18 bits per heavy atom. The van der Waals surface area contributed by atoms with Crippen molar-refractivity contribution in [1.82, 2.24) is 30.0 Å². The van der Waals surface area contributed by atoms with E-state index in [2.05, 4.69) is 26.1 Å². The highest BCUT2D eigenvalue weighted by Gasteiger charge is 2.49. The number of anilines is 1. The van der Waals surface area contributed by atoms with Gasteiger partial charge in [0, 0.05) is 36.7 Å². The summed E-state index contributed by atoms with van der Waals surface area (Å²) in [5.41, 5.74) is 2.49. The van der Waals surface area contributed by atoms with Gasteiger partial charge in [-0.3, -0.25) is 15.0 Å². The number of carbonyl (C=O) groups excluding carboxylic acids is 1. The molecule has 3 atom stereocenters. The molecule has 3 saturated heterocycles. The topological polar surface area (TPSA) is 128 Å². The summed E-state index contributed by atoms with van der Waals surface area (Å²) >= 11 is 0. The van der Waals surface area contributed by atoms with Crippen molar-refractivity contribution >= 4 is 33.8 Å². The van der Waals surface area contributed by atoms with E-state index in [9.17, 15) is 9.18 Å². The Labute approximate surface area is 282 Å². The van der Waals surface area contributed by atoms with Crippen molar-refractivity contribution < 1.29 is 32.5 Å². The zero-order valence-electron chi connectivity index (χ0n) is 27.9. The minimum atomic E-state index is -1.09. The lowest BCUT2D eigenvalue weighted by atomic mass is 9.95. The Bertz CT molecular complexity index is 1910. The molecule has 6 heterocycles. The molecule has 0 spiro atoms. The van der Waals surface area contributed by atoms with Crippen LogP contribution in [0.15, 0.2) is 18.5 Å². The number of pyridine rings is 1. The van der Waals surface area contributed by atoms with Crippen molar-refractivity contribution in [3.63, 3.8) is 0 Å². The van der Waals surface area contributed by atoms with E-state index in [-0.39, 0.29) is 43.6 Å². The zero-order chi connectivity index (χ0) is 33.8. The molecule has 0 bridgehead atoms. The molecule has 3 fully saturated rings. The van der Waals surface area contributed by atoms with Gasteiger partial charge in [0.2, 0.25) is 0 Å². The van der Waals surface area contributed by atoms with E-state index in [4.69, 9.17) is 28.9 Å². The molecule has 0 saturated carbocycles. The summed E-state index contributed by atoms with van der Waals surface area (Å²) in [7, 11) is 0. The van der Waals surface area contributed by atoms with Crippen molar-refractivity contribution in [2.24, 2.45) is 0 Å². The van der Waals surface area contributed by atoms with Crippen LogP contribution in [0, 0.1) is 5.82 Å². The van der Waals surface area contributed by atoms with E-state index in [1.807, 2.05) is 11.8 Å². The van der Waals surface area contributed by atoms with E-state index >= 15 is 4.39 Å². The number of carbonyl (C=O) groups is 1. The van der Waals surface area contributed by atoms with Crippen LogP contribution in [0.1, 0.15) is 57.1 Å². The number of aromatic nitrogens is 5. The molecule has 0 amide bonds. The monoisotopic (exact) mass is 677 g/mol. The summed E-state index contributed by atoms with van der Waals surface area (Å²) in [4.78, 5) is 30.8. The van der Waals surface area contributed by atoms with Gasteiger partial charge in [-0.2, -0.15) is 15.1 Å². The van der Waals surface area contributed by atoms with Crippen molar-refractivity contribution in [2.45, 2.75) is 76.1 Å². The highest BCUT2D eigenvalue weighted by molar-refractivity contribution is 5.99. The van der Waals surface area contributed by atoms with Crippen LogP contribution < -0.4 is 9.64 Å². The SMILES string of the molecule is CCCOC(=O)O[C@]1(C)COCCN(c2nc(OC[C@@]34CCCN3C[C@H](F)C4)nc3c(F)c(-c4c5c(cc6[nH]ncc46)CCC5)ncc23)C1. The van der Waals surface area contributed by atoms with Crippen LogP contribution >= 0.6 is 0 Å². The molecular formula is C35H41F2N7O5. The summed E-state index contributed by atoms with van der Waals surface area (Å²) in [5, 5.41) is 8.47. The Morgan fingerprint density at radius 2 is 2.08 bits per heavy atom. The van der Waals surface area contributed by atoms with Gasteiger partial charge in [0.25, 0.3) is 0 Å². The van der Waals surface area contributed by atoms with Gasteiger partial charge >= 0.3 is 12.2 Å². The number of hydrogen-bond donors (Lipinski definition) is 1. The first-order valence-electron chi connectivity index (χ1n) is 17.3. The van der Waals surface area contributed by atoms with Crippen LogP contribution in [0.2, 0.25) is 0 Å². The molecule has 49 heavy (non-hydrogen) atoms. The Morgan fingerprint density at radius 3 is 2.96 bits per heavy atom. The maximum atomic E-state index is 17.1. The molecule has 12 nitrogen and oxygen atoms in total. The molecule has 0 radical (unpaired) electrons. The molecule has 3 aliphatic heterocycles. The van der Waals surface area contributed by atoms with Gasteiger partial charge in [0.15, 0.2) is 11.4 Å². The molecule has 1 aromatic carbocycles. The average molecular weight is 678 g/mol. The normalized spacial score (nSPS) is 25.5. The number of nitrogens with one attached hydrogen (secondary N) is 1. The average Bonchev–Trinajstić information content (AvgIpc) is 3.86. The molecular weight excluding hydrogens is 636 g/mol. The number of H-pyrrole nitrogens is 1. The number of aromatic amines is 1. The van der Waals surface area contributed by atoms with Crippen molar-refractivity contribution in [2.75, 3.05) is 57.5 Å². The minimum absolute atomic E-state index is 0.0102. The van der Waals surface area contributed by atoms with E-state index in [0.29, 0.717) is 43.7 Å². The second-order valence-corrected chi connectivity index (χ2v) is 14.1. The summed E-state index contributed by atoms with van der Waals surface area (Å²) in [6, 6.07) is 2.08. The quantitative estimate of drug-likeness (QED) is 0.244. The Kier molecular flexibility index (Phi) is 8.25. The fraction of sp³-hybridized carbons (Fsp3) is 0.571. The maximum absolute atomic E-state index is 17.1. The Balaban J connectivity index is 1.22. The highest BCUT2D eigenvalue weighted by Crippen LogP contribution is 2.42. The third-order valence-corrected chi connectivity index (χ3v) is 10.4. The van der Waals surface area contributed by atoms with Gasteiger partial charge in [-0.15, -0.1) is 0 Å². The van der Waals surface area contributed by atoms with Gasteiger partial charge in [0.05, 0.1) is 49.0 Å². The molecule has 260 valence electrons. The van der Waals surface area contributed by atoms with Crippen LogP contribution in [-0.4, -0.2) is 106 Å².